The summed E-state index contributed by atoms with van der Waals surface area (Å²) in [6, 6.07) is 22.7. The molecule has 4 aromatic rings. The summed E-state index contributed by atoms with van der Waals surface area (Å²) in [5, 5.41) is 3.71. The Bertz CT molecular complexity index is 1230. The Labute approximate surface area is 182 Å². The topological polar surface area (TPSA) is 60.3 Å². The largest absolute Gasteiger partial charge is 0.465 e. The highest BCUT2D eigenvalue weighted by atomic mass is 79.9. The number of rotatable bonds is 5. The fourth-order valence-electron chi connectivity index (χ4n) is 3.41. The van der Waals surface area contributed by atoms with Crippen LogP contribution in [0.4, 0.5) is 5.69 Å². The standard InChI is InChI=1S/C24H19BrN2O3/c1-30-24(29)19-7-2-4-8-21(19)26-23(28)20-15-27(22-9-5-3-6-18(20)22)14-16-10-12-17(25)13-11-16/h2-13,15H,14H2,1H3,(H,26,28). The highest BCUT2D eigenvalue weighted by Gasteiger charge is 2.18. The molecule has 0 saturated heterocycles. The van der Waals surface area contributed by atoms with Gasteiger partial charge in [0, 0.05) is 28.1 Å². The maximum absolute atomic E-state index is 13.1. The Morgan fingerprint density at radius 3 is 2.40 bits per heavy atom. The molecule has 3 aromatic carbocycles. The number of amides is 1. The molecule has 150 valence electrons. The molecule has 0 bridgehead atoms. The molecule has 30 heavy (non-hydrogen) atoms. The second kappa shape index (κ2) is 8.55. The number of aromatic nitrogens is 1. The number of esters is 1. The van der Waals surface area contributed by atoms with E-state index in [1.807, 2.05) is 54.7 Å². The first-order valence-corrected chi connectivity index (χ1v) is 10.2. The number of ether oxygens (including phenoxy) is 1. The van der Waals surface area contributed by atoms with E-state index in [0.717, 1.165) is 20.9 Å². The minimum absolute atomic E-state index is 0.280. The van der Waals surface area contributed by atoms with Gasteiger partial charge < -0.3 is 14.6 Å². The molecule has 0 atom stereocenters. The van der Waals surface area contributed by atoms with Gasteiger partial charge in [0.15, 0.2) is 0 Å². The Balaban J connectivity index is 1.69. The number of carbonyl (C=O) groups is 2. The molecule has 0 aliphatic rings. The van der Waals surface area contributed by atoms with Gasteiger partial charge >= 0.3 is 5.97 Å². The molecular formula is C24H19BrN2O3. The minimum atomic E-state index is -0.497. The van der Waals surface area contributed by atoms with Crippen molar-refractivity contribution in [1.82, 2.24) is 4.57 Å². The van der Waals surface area contributed by atoms with E-state index in [4.69, 9.17) is 4.74 Å². The van der Waals surface area contributed by atoms with Gasteiger partial charge in [0.2, 0.25) is 0 Å². The first-order valence-electron chi connectivity index (χ1n) is 9.38. The summed E-state index contributed by atoms with van der Waals surface area (Å²) in [5.74, 6) is -0.777. The third kappa shape index (κ3) is 4.00. The lowest BCUT2D eigenvalue weighted by molar-refractivity contribution is 0.0602. The monoisotopic (exact) mass is 462 g/mol. The number of anilines is 1. The molecule has 1 heterocycles. The number of carbonyl (C=O) groups excluding carboxylic acids is 2. The van der Waals surface area contributed by atoms with Crippen LogP contribution >= 0.6 is 15.9 Å². The summed E-state index contributed by atoms with van der Waals surface area (Å²) in [7, 11) is 1.32. The minimum Gasteiger partial charge on any atom is -0.465 e. The third-order valence-corrected chi connectivity index (χ3v) is 5.41. The summed E-state index contributed by atoms with van der Waals surface area (Å²) in [6.45, 7) is 0.639. The molecule has 0 unspecified atom stereocenters. The molecule has 1 aromatic heterocycles. The summed E-state index contributed by atoms with van der Waals surface area (Å²) in [5.41, 5.74) is 3.36. The quantitative estimate of drug-likeness (QED) is 0.398. The first-order chi connectivity index (χ1) is 14.6. The molecule has 0 aliphatic carbocycles. The van der Waals surface area contributed by atoms with Crippen molar-refractivity contribution in [2.24, 2.45) is 0 Å². The van der Waals surface area contributed by atoms with E-state index in [9.17, 15) is 9.59 Å². The van der Waals surface area contributed by atoms with Crippen molar-refractivity contribution in [3.8, 4) is 0 Å². The number of benzene rings is 3. The van der Waals surface area contributed by atoms with Gasteiger partial charge in [-0.15, -0.1) is 0 Å². The SMILES string of the molecule is COC(=O)c1ccccc1NC(=O)c1cn(Cc2ccc(Br)cc2)c2ccccc12. The summed E-state index contributed by atoms with van der Waals surface area (Å²) < 4.78 is 7.89. The van der Waals surface area contributed by atoms with E-state index < -0.39 is 5.97 Å². The van der Waals surface area contributed by atoms with Gasteiger partial charge in [-0.25, -0.2) is 4.79 Å². The molecule has 0 spiro atoms. The second-order valence-electron chi connectivity index (χ2n) is 6.81. The van der Waals surface area contributed by atoms with Gasteiger partial charge in [0.1, 0.15) is 0 Å². The zero-order valence-electron chi connectivity index (χ0n) is 16.3. The van der Waals surface area contributed by atoms with Crippen molar-refractivity contribution in [2.45, 2.75) is 6.54 Å². The average molecular weight is 463 g/mol. The Morgan fingerprint density at radius 1 is 0.933 bits per heavy atom. The lowest BCUT2D eigenvalue weighted by atomic mass is 10.1. The van der Waals surface area contributed by atoms with E-state index in [1.54, 1.807) is 24.3 Å². The lowest BCUT2D eigenvalue weighted by Crippen LogP contribution is -2.15. The maximum Gasteiger partial charge on any atom is 0.339 e. The number of nitrogens with one attached hydrogen (secondary N) is 1. The molecule has 4 rings (SSSR count). The lowest BCUT2D eigenvalue weighted by Gasteiger charge is -2.09. The number of nitrogens with zero attached hydrogens (tertiary/aromatic N) is 1. The Morgan fingerprint density at radius 2 is 1.63 bits per heavy atom. The van der Waals surface area contributed by atoms with Crippen LogP contribution in [0.15, 0.2) is 83.5 Å². The zero-order chi connectivity index (χ0) is 21.1. The third-order valence-electron chi connectivity index (χ3n) is 4.88. The van der Waals surface area contributed by atoms with E-state index in [1.165, 1.54) is 7.11 Å². The molecular weight excluding hydrogens is 444 g/mol. The second-order valence-corrected chi connectivity index (χ2v) is 7.72. The van der Waals surface area contributed by atoms with Gasteiger partial charge in [-0.3, -0.25) is 4.79 Å². The highest BCUT2D eigenvalue weighted by Crippen LogP contribution is 2.25. The molecule has 0 radical (unpaired) electrons. The van der Waals surface area contributed by atoms with Gasteiger partial charge in [-0.2, -0.15) is 0 Å². The molecule has 0 aliphatic heterocycles. The number of fused-ring (bicyclic) bond motifs is 1. The average Bonchev–Trinajstić information content (AvgIpc) is 3.14. The van der Waals surface area contributed by atoms with Gasteiger partial charge in [0.05, 0.1) is 23.9 Å². The van der Waals surface area contributed by atoms with Crippen molar-refractivity contribution in [2.75, 3.05) is 12.4 Å². The van der Waals surface area contributed by atoms with Crippen LogP contribution in [0.5, 0.6) is 0 Å². The van der Waals surface area contributed by atoms with Crippen molar-refractivity contribution < 1.29 is 14.3 Å². The van der Waals surface area contributed by atoms with Crippen LogP contribution in [-0.4, -0.2) is 23.6 Å². The normalized spacial score (nSPS) is 10.7. The van der Waals surface area contributed by atoms with Crippen LogP contribution in [0.25, 0.3) is 10.9 Å². The van der Waals surface area contributed by atoms with E-state index in [2.05, 4.69) is 25.8 Å². The fraction of sp³-hybridized carbons (Fsp3) is 0.0833. The molecule has 0 fully saturated rings. The van der Waals surface area contributed by atoms with E-state index in [-0.39, 0.29) is 5.91 Å². The van der Waals surface area contributed by atoms with Crippen LogP contribution < -0.4 is 5.32 Å². The fourth-order valence-corrected chi connectivity index (χ4v) is 3.68. The number of methoxy groups -OCH3 is 1. The number of para-hydroxylation sites is 2. The summed E-state index contributed by atoms with van der Waals surface area (Å²) >= 11 is 3.45. The molecule has 1 amide bonds. The smallest absolute Gasteiger partial charge is 0.339 e. The molecule has 0 saturated carbocycles. The van der Waals surface area contributed by atoms with E-state index in [0.29, 0.717) is 23.4 Å². The zero-order valence-corrected chi connectivity index (χ0v) is 17.8. The van der Waals surface area contributed by atoms with Gasteiger partial charge in [-0.05, 0) is 35.9 Å². The number of hydrogen-bond donors (Lipinski definition) is 1. The predicted molar refractivity (Wildman–Crippen MR) is 121 cm³/mol. The van der Waals surface area contributed by atoms with Crippen LogP contribution in [-0.2, 0) is 11.3 Å². The first kappa shape index (κ1) is 19.9. The Kier molecular flexibility index (Phi) is 5.68. The van der Waals surface area contributed by atoms with Gasteiger partial charge in [0.25, 0.3) is 5.91 Å². The van der Waals surface area contributed by atoms with Crippen molar-refractivity contribution in [1.29, 1.82) is 0 Å². The maximum atomic E-state index is 13.1. The van der Waals surface area contributed by atoms with Crippen LogP contribution in [0.3, 0.4) is 0 Å². The number of halogens is 1. The summed E-state index contributed by atoms with van der Waals surface area (Å²) in [4.78, 5) is 25.1. The van der Waals surface area contributed by atoms with Gasteiger partial charge in [-0.1, -0.05) is 58.4 Å². The molecule has 1 N–H and O–H groups in total. The van der Waals surface area contributed by atoms with E-state index >= 15 is 0 Å². The Hall–Kier alpha value is -3.38. The molecule has 5 nitrogen and oxygen atoms in total. The van der Waals surface area contributed by atoms with Crippen LogP contribution in [0.2, 0.25) is 0 Å². The predicted octanol–water partition coefficient (Wildman–Crippen LogP) is 5.49. The van der Waals surface area contributed by atoms with Crippen molar-refractivity contribution in [3.05, 3.63) is 100 Å². The molecule has 6 heteroatoms. The van der Waals surface area contributed by atoms with Crippen LogP contribution in [0.1, 0.15) is 26.3 Å². The van der Waals surface area contributed by atoms with Crippen molar-refractivity contribution >= 4 is 44.4 Å². The van der Waals surface area contributed by atoms with Crippen molar-refractivity contribution in [3.63, 3.8) is 0 Å². The summed E-state index contributed by atoms with van der Waals surface area (Å²) in [6.07, 6.45) is 1.85. The van der Waals surface area contributed by atoms with Crippen LogP contribution in [0, 0.1) is 0 Å². The number of hydrogen-bond acceptors (Lipinski definition) is 3. The highest BCUT2D eigenvalue weighted by molar-refractivity contribution is 9.10.